The Morgan fingerprint density at radius 2 is 1.95 bits per heavy atom. The minimum atomic E-state index is -0.0736. The highest BCUT2D eigenvalue weighted by Crippen LogP contribution is 2.31. The molecule has 1 fully saturated rings. The second kappa shape index (κ2) is 7.09. The van der Waals surface area contributed by atoms with E-state index in [1.165, 1.54) is 12.8 Å². The second-order valence-corrected chi connectivity index (χ2v) is 6.15. The van der Waals surface area contributed by atoms with Crippen molar-refractivity contribution >= 4 is 21.9 Å². The molecule has 19 heavy (non-hydrogen) atoms. The summed E-state index contributed by atoms with van der Waals surface area (Å²) in [7, 11) is 0. The molecule has 0 amide bonds. The van der Waals surface area contributed by atoms with Crippen LogP contribution in [-0.4, -0.2) is 12.1 Å². The third-order valence-electron chi connectivity index (χ3n) is 3.75. The number of carbonyl (C=O) groups is 1. The first-order valence-corrected chi connectivity index (χ1v) is 7.96. The predicted molar refractivity (Wildman–Crippen MR) is 80.1 cm³/mol. The summed E-state index contributed by atoms with van der Waals surface area (Å²) >= 11 is 3.41. The quantitative estimate of drug-likeness (QED) is 0.573. The maximum Gasteiger partial charge on any atom is 0.313 e. The van der Waals surface area contributed by atoms with Crippen LogP contribution in [0.25, 0.3) is 0 Å². The Labute approximate surface area is 123 Å². The lowest BCUT2D eigenvalue weighted by atomic mass is 9.89. The molecule has 1 saturated heterocycles. The number of hydrogen-bond donors (Lipinski definition) is 0. The topological polar surface area (TPSA) is 26.3 Å². The van der Waals surface area contributed by atoms with Crippen molar-refractivity contribution in [1.29, 1.82) is 0 Å². The molecule has 1 aromatic carbocycles. The molecule has 1 aliphatic heterocycles. The SMILES string of the molecule is CCCCCC1CCC(c2ccc(Br)cc2)C(=O)O1. The van der Waals surface area contributed by atoms with E-state index in [2.05, 4.69) is 22.9 Å². The zero-order valence-electron chi connectivity index (χ0n) is 11.4. The maximum atomic E-state index is 12.1. The van der Waals surface area contributed by atoms with Crippen LogP contribution in [0, 0.1) is 0 Å². The number of carbonyl (C=O) groups excluding carboxylic acids is 1. The Morgan fingerprint density at radius 1 is 1.21 bits per heavy atom. The van der Waals surface area contributed by atoms with Gasteiger partial charge in [-0.05, 0) is 43.4 Å². The van der Waals surface area contributed by atoms with Crippen molar-refractivity contribution in [3.63, 3.8) is 0 Å². The van der Waals surface area contributed by atoms with Crippen molar-refractivity contribution in [3.8, 4) is 0 Å². The fourth-order valence-corrected chi connectivity index (χ4v) is 2.86. The minimum Gasteiger partial charge on any atom is -0.462 e. The molecule has 1 aliphatic rings. The Hall–Kier alpha value is -0.830. The molecule has 3 heteroatoms. The largest absolute Gasteiger partial charge is 0.462 e. The number of esters is 1. The normalized spacial score (nSPS) is 23.2. The number of halogens is 1. The molecular weight excluding hydrogens is 304 g/mol. The molecule has 2 nitrogen and oxygen atoms in total. The van der Waals surface area contributed by atoms with Gasteiger partial charge in [0, 0.05) is 4.47 Å². The maximum absolute atomic E-state index is 12.1. The average Bonchev–Trinajstić information content (AvgIpc) is 2.41. The van der Waals surface area contributed by atoms with Gasteiger partial charge >= 0.3 is 5.97 Å². The van der Waals surface area contributed by atoms with E-state index < -0.39 is 0 Å². The standard InChI is InChI=1S/C16H21BrO2/c1-2-3-4-5-14-10-11-15(16(18)19-14)12-6-8-13(17)9-7-12/h6-9,14-15H,2-5,10-11H2,1H3. The molecule has 1 heterocycles. The van der Waals surface area contributed by atoms with Gasteiger partial charge in [0.05, 0.1) is 5.92 Å². The van der Waals surface area contributed by atoms with E-state index in [4.69, 9.17) is 4.74 Å². The Balaban J connectivity index is 1.90. The Morgan fingerprint density at radius 3 is 2.58 bits per heavy atom. The van der Waals surface area contributed by atoms with Gasteiger partial charge in [-0.25, -0.2) is 0 Å². The summed E-state index contributed by atoms with van der Waals surface area (Å²) in [6, 6.07) is 7.98. The summed E-state index contributed by atoms with van der Waals surface area (Å²) < 4.78 is 6.62. The zero-order chi connectivity index (χ0) is 13.7. The van der Waals surface area contributed by atoms with E-state index in [0.717, 1.165) is 35.7 Å². The molecule has 0 aromatic heterocycles. The Bertz CT molecular complexity index is 413. The molecule has 0 radical (unpaired) electrons. The molecule has 0 spiro atoms. The van der Waals surface area contributed by atoms with E-state index in [-0.39, 0.29) is 18.0 Å². The number of unbranched alkanes of at least 4 members (excludes halogenated alkanes) is 2. The van der Waals surface area contributed by atoms with Crippen LogP contribution < -0.4 is 0 Å². The van der Waals surface area contributed by atoms with Gasteiger partial charge in [-0.15, -0.1) is 0 Å². The van der Waals surface area contributed by atoms with Crippen molar-refractivity contribution in [2.45, 2.75) is 57.5 Å². The first-order valence-electron chi connectivity index (χ1n) is 7.16. The van der Waals surface area contributed by atoms with Crippen molar-refractivity contribution in [2.24, 2.45) is 0 Å². The lowest BCUT2D eigenvalue weighted by molar-refractivity contribution is -0.156. The number of cyclic esters (lactones) is 1. The van der Waals surface area contributed by atoms with Crippen LogP contribution in [-0.2, 0) is 9.53 Å². The number of rotatable bonds is 5. The van der Waals surface area contributed by atoms with Crippen molar-refractivity contribution < 1.29 is 9.53 Å². The number of hydrogen-bond acceptors (Lipinski definition) is 2. The van der Waals surface area contributed by atoms with Crippen LogP contribution >= 0.6 is 15.9 Å². The van der Waals surface area contributed by atoms with Crippen LogP contribution in [0.3, 0.4) is 0 Å². The van der Waals surface area contributed by atoms with Crippen LogP contribution in [0.15, 0.2) is 28.7 Å². The third-order valence-corrected chi connectivity index (χ3v) is 4.28. The van der Waals surface area contributed by atoms with Gasteiger partial charge in [-0.1, -0.05) is 47.8 Å². The minimum absolute atomic E-state index is 0.0462. The number of ether oxygens (including phenoxy) is 1. The monoisotopic (exact) mass is 324 g/mol. The molecule has 0 N–H and O–H groups in total. The van der Waals surface area contributed by atoms with Crippen LogP contribution in [0.4, 0.5) is 0 Å². The molecule has 2 unspecified atom stereocenters. The molecule has 0 bridgehead atoms. The predicted octanol–water partition coefficient (Wildman–Crippen LogP) is 4.82. The van der Waals surface area contributed by atoms with Gasteiger partial charge in [-0.3, -0.25) is 4.79 Å². The molecule has 2 atom stereocenters. The highest BCUT2D eigenvalue weighted by molar-refractivity contribution is 9.10. The van der Waals surface area contributed by atoms with Gasteiger partial charge in [-0.2, -0.15) is 0 Å². The highest BCUT2D eigenvalue weighted by Gasteiger charge is 2.30. The lowest BCUT2D eigenvalue weighted by Gasteiger charge is -2.28. The lowest BCUT2D eigenvalue weighted by Crippen LogP contribution is -2.29. The molecule has 104 valence electrons. The second-order valence-electron chi connectivity index (χ2n) is 5.24. The molecule has 1 aromatic rings. The van der Waals surface area contributed by atoms with Crippen molar-refractivity contribution in [2.75, 3.05) is 0 Å². The first kappa shape index (κ1) is 14.6. The third kappa shape index (κ3) is 4.07. The molecular formula is C16H21BrO2. The van der Waals surface area contributed by atoms with Gasteiger partial charge < -0.3 is 4.74 Å². The van der Waals surface area contributed by atoms with Gasteiger partial charge in [0.2, 0.25) is 0 Å². The first-order chi connectivity index (χ1) is 9.20. The van der Waals surface area contributed by atoms with Crippen molar-refractivity contribution in [3.05, 3.63) is 34.3 Å². The Kier molecular flexibility index (Phi) is 5.44. The summed E-state index contributed by atoms with van der Waals surface area (Å²) in [5, 5.41) is 0. The van der Waals surface area contributed by atoms with E-state index in [1.54, 1.807) is 0 Å². The van der Waals surface area contributed by atoms with Gasteiger partial charge in [0.1, 0.15) is 6.10 Å². The van der Waals surface area contributed by atoms with E-state index in [9.17, 15) is 4.79 Å². The summed E-state index contributed by atoms with van der Waals surface area (Å²) in [6.07, 6.45) is 6.68. The average molecular weight is 325 g/mol. The van der Waals surface area contributed by atoms with Crippen molar-refractivity contribution in [1.82, 2.24) is 0 Å². The van der Waals surface area contributed by atoms with Crippen LogP contribution in [0.5, 0.6) is 0 Å². The molecule has 0 saturated carbocycles. The fraction of sp³-hybridized carbons (Fsp3) is 0.562. The van der Waals surface area contributed by atoms with E-state index in [0.29, 0.717) is 0 Å². The molecule has 2 rings (SSSR count). The van der Waals surface area contributed by atoms with Crippen LogP contribution in [0.2, 0.25) is 0 Å². The van der Waals surface area contributed by atoms with Gasteiger partial charge in [0.15, 0.2) is 0 Å². The smallest absolute Gasteiger partial charge is 0.313 e. The number of benzene rings is 1. The highest BCUT2D eigenvalue weighted by atomic mass is 79.9. The summed E-state index contributed by atoms with van der Waals surface area (Å²) in [5.74, 6) is -0.120. The summed E-state index contributed by atoms with van der Waals surface area (Å²) in [4.78, 5) is 12.1. The zero-order valence-corrected chi connectivity index (χ0v) is 13.0. The van der Waals surface area contributed by atoms with Gasteiger partial charge in [0.25, 0.3) is 0 Å². The summed E-state index contributed by atoms with van der Waals surface area (Å²) in [5.41, 5.74) is 1.07. The molecule has 0 aliphatic carbocycles. The van der Waals surface area contributed by atoms with Crippen LogP contribution in [0.1, 0.15) is 56.9 Å². The van der Waals surface area contributed by atoms with E-state index in [1.807, 2.05) is 24.3 Å². The fourth-order valence-electron chi connectivity index (χ4n) is 2.60. The van der Waals surface area contributed by atoms with E-state index >= 15 is 0 Å². The summed E-state index contributed by atoms with van der Waals surface area (Å²) in [6.45, 7) is 2.19.